The molecule has 0 aliphatic carbocycles. The zero-order chi connectivity index (χ0) is 13.7. The van der Waals surface area contributed by atoms with Crippen LogP contribution in [0.2, 0.25) is 0 Å². The first kappa shape index (κ1) is 18.7. The van der Waals surface area contributed by atoms with Crippen LogP contribution in [-0.2, 0) is 14.9 Å². The lowest BCUT2D eigenvalue weighted by molar-refractivity contribution is -0.137. The number of carboxylic acids is 1. The van der Waals surface area contributed by atoms with E-state index in [4.69, 9.17) is 9.66 Å². The molecule has 0 aromatic heterocycles. The average molecular weight is 268 g/mol. The molecule has 6 heteroatoms. The van der Waals surface area contributed by atoms with Gasteiger partial charge in [-0.15, -0.1) is 0 Å². The second-order valence-corrected chi connectivity index (χ2v) is 5.42. The van der Waals surface area contributed by atoms with Crippen LogP contribution in [-0.4, -0.2) is 29.8 Å². The Bertz CT molecular complexity index is 272. The molecule has 0 unspecified atom stereocenters. The summed E-state index contributed by atoms with van der Waals surface area (Å²) in [5.41, 5.74) is 0. The van der Waals surface area contributed by atoms with Crippen molar-refractivity contribution in [3.05, 3.63) is 0 Å². The van der Waals surface area contributed by atoms with E-state index in [1.807, 2.05) is 0 Å². The van der Waals surface area contributed by atoms with E-state index in [1.165, 1.54) is 19.3 Å². The van der Waals surface area contributed by atoms with Crippen molar-refractivity contribution in [3.63, 3.8) is 0 Å². The SMILES string of the molecule is CCCCCCCC(=O)O.CCCS(=O)(=O)O. The van der Waals surface area contributed by atoms with E-state index in [0.29, 0.717) is 12.8 Å². The zero-order valence-corrected chi connectivity index (χ0v) is 11.5. The Morgan fingerprint density at radius 3 is 1.82 bits per heavy atom. The molecule has 0 heterocycles. The third kappa shape index (κ3) is 25.6. The monoisotopic (exact) mass is 268 g/mol. The Morgan fingerprint density at radius 2 is 1.53 bits per heavy atom. The first-order valence-electron chi connectivity index (χ1n) is 6.00. The maximum absolute atomic E-state index is 10.0. The summed E-state index contributed by atoms with van der Waals surface area (Å²) >= 11 is 0. The molecule has 0 radical (unpaired) electrons. The third-order valence-electron chi connectivity index (χ3n) is 1.96. The number of unbranched alkanes of at least 4 members (excludes halogenated alkanes) is 4. The lowest BCUT2D eigenvalue weighted by Crippen LogP contribution is -2.01. The predicted molar refractivity (Wildman–Crippen MR) is 67.7 cm³/mol. The van der Waals surface area contributed by atoms with Gasteiger partial charge in [0.1, 0.15) is 0 Å². The van der Waals surface area contributed by atoms with Crippen LogP contribution in [0.1, 0.15) is 58.8 Å². The van der Waals surface area contributed by atoms with Gasteiger partial charge in [0, 0.05) is 6.42 Å². The van der Waals surface area contributed by atoms with E-state index < -0.39 is 16.1 Å². The fraction of sp³-hybridized carbons (Fsp3) is 0.909. The standard InChI is InChI=1S/C8H16O2.C3H8O3S/c1-2-3-4-5-6-7-8(9)10;1-2-3-7(4,5)6/h2-7H2,1H3,(H,9,10);2-3H2,1H3,(H,4,5,6). The zero-order valence-electron chi connectivity index (χ0n) is 10.7. The smallest absolute Gasteiger partial charge is 0.303 e. The third-order valence-corrected chi connectivity index (χ3v) is 2.88. The lowest BCUT2D eigenvalue weighted by Gasteiger charge is -1.95. The quantitative estimate of drug-likeness (QED) is 0.521. The van der Waals surface area contributed by atoms with Crippen LogP contribution in [0, 0.1) is 0 Å². The topological polar surface area (TPSA) is 91.7 Å². The second kappa shape index (κ2) is 11.9. The molecule has 0 aliphatic heterocycles. The summed E-state index contributed by atoms with van der Waals surface area (Å²) in [6.45, 7) is 3.84. The van der Waals surface area contributed by atoms with Gasteiger partial charge in [-0.2, -0.15) is 8.42 Å². The summed E-state index contributed by atoms with van der Waals surface area (Å²) < 4.78 is 27.6. The first-order chi connectivity index (χ1) is 7.83. The fourth-order valence-corrected chi connectivity index (χ4v) is 1.65. The molecule has 0 bridgehead atoms. The predicted octanol–water partition coefficient (Wildman–Crippen LogP) is 2.72. The van der Waals surface area contributed by atoms with Crippen LogP contribution in [0.4, 0.5) is 0 Å². The summed E-state index contributed by atoms with van der Waals surface area (Å²) in [5.74, 6) is -0.802. The van der Waals surface area contributed by atoms with E-state index in [-0.39, 0.29) is 5.75 Å². The van der Waals surface area contributed by atoms with Gasteiger partial charge < -0.3 is 5.11 Å². The highest BCUT2D eigenvalue weighted by atomic mass is 32.2. The van der Waals surface area contributed by atoms with Crippen molar-refractivity contribution in [2.75, 3.05) is 5.75 Å². The van der Waals surface area contributed by atoms with Gasteiger partial charge >= 0.3 is 5.97 Å². The van der Waals surface area contributed by atoms with Gasteiger partial charge in [-0.05, 0) is 12.8 Å². The van der Waals surface area contributed by atoms with Crippen molar-refractivity contribution >= 4 is 16.1 Å². The number of aliphatic carboxylic acids is 1. The van der Waals surface area contributed by atoms with Gasteiger partial charge in [0.15, 0.2) is 0 Å². The fourth-order valence-electron chi connectivity index (χ4n) is 1.14. The summed E-state index contributed by atoms with van der Waals surface area (Å²) in [6.07, 6.45) is 6.36. The minimum atomic E-state index is -3.67. The van der Waals surface area contributed by atoms with Gasteiger partial charge in [-0.3, -0.25) is 9.35 Å². The van der Waals surface area contributed by atoms with Gasteiger partial charge in [0.05, 0.1) is 5.75 Å². The van der Waals surface area contributed by atoms with Crippen LogP contribution in [0.25, 0.3) is 0 Å². The first-order valence-corrected chi connectivity index (χ1v) is 7.61. The van der Waals surface area contributed by atoms with Crippen LogP contribution in [0.5, 0.6) is 0 Å². The molecular formula is C11H24O5S. The normalized spacial score (nSPS) is 10.5. The highest BCUT2D eigenvalue weighted by molar-refractivity contribution is 7.85. The largest absolute Gasteiger partial charge is 0.481 e. The van der Waals surface area contributed by atoms with Crippen molar-refractivity contribution in [1.29, 1.82) is 0 Å². The molecule has 0 aromatic rings. The van der Waals surface area contributed by atoms with Gasteiger partial charge in [0.25, 0.3) is 10.1 Å². The minimum Gasteiger partial charge on any atom is -0.481 e. The second-order valence-electron chi connectivity index (χ2n) is 3.84. The highest BCUT2D eigenvalue weighted by Crippen LogP contribution is 2.04. The van der Waals surface area contributed by atoms with Crippen molar-refractivity contribution in [1.82, 2.24) is 0 Å². The van der Waals surface area contributed by atoms with Crippen LogP contribution in [0.3, 0.4) is 0 Å². The minimum absolute atomic E-state index is 0.132. The molecular weight excluding hydrogens is 244 g/mol. The molecule has 104 valence electrons. The number of carbonyl (C=O) groups is 1. The molecule has 0 atom stereocenters. The van der Waals surface area contributed by atoms with Gasteiger partial charge in [0.2, 0.25) is 0 Å². The Morgan fingerprint density at radius 1 is 1.00 bits per heavy atom. The molecule has 0 rings (SSSR count). The van der Waals surface area contributed by atoms with Crippen molar-refractivity contribution < 1.29 is 22.9 Å². The molecule has 0 spiro atoms. The van der Waals surface area contributed by atoms with E-state index in [2.05, 4.69) is 6.92 Å². The van der Waals surface area contributed by atoms with Crippen LogP contribution >= 0.6 is 0 Å². The van der Waals surface area contributed by atoms with Crippen molar-refractivity contribution in [2.45, 2.75) is 58.8 Å². The van der Waals surface area contributed by atoms with E-state index >= 15 is 0 Å². The number of carboxylic acid groups (broad SMARTS) is 1. The Labute approximate surface area is 104 Å². The van der Waals surface area contributed by atoms with Gasteiger partial charge in [-0.1, -0.05) is 39.5 Å². The molecule has 5 nitrogen and oxygen atoms in total. The lowest BCUT2D eigenvalue weighted by atomic mass is 10.1. The molecule has 0 fully saturated rings. The van der Waals surface area contributed by atoms with E-state index in [9.17, 15) is 13.2 Å². The summed E-state index contributed by atoms with van der Waals surface area (Å²) in [4.78, 5) is 10.0. The maximum Gasteiger partial charge on any atom is 0.303 e. The molecule has 17 heavy (non-hydrogen) atoms. The highest BCUT2D eigenvalue weighted by Gasteiger charge is 1.98. The summed E-state index contributed by atoms with van der Waals surface area (Å²) in [5, 5.41) is 8.27. The van der Waals surface area contributed by atoms with E-state index in [1.54, 1.807) is 6.92 Å². The van der Waals surface area contributed by atoms with E-state index in [0.717, 1.165) is 12.8 Å². The molecule has 0 aliphatic rings. The maximum atomic E-state index is 10.0. The molecule has 0 aromatic carbocycles. The Kier molecular flexibility index (Phi) is 13.1. The number of rotatable bonds is 8. The summed E-state index contributed by atoms with van der Waals surface area (Å²) in [6, 6.07) is 0. The number of hydrogen-bond donors (Lipinski definition) is 2. The Hall–Kier alpha value is -0.620. The molecule has 0 saturated carbocycles. The summed E-state index contributed by atoms with van der Waals surface area (Å²) in [7, 11) is -3.67. The molecule has 0 saturated heterocycles. The molecule has 0 amide bonds. The van der Waals surface area contributed by atoms with Crippen molar-refractivity contribution in [2.24, 2.45) is 0 Å². The number of hydrogen-bond acceptors (Lipinski definition) is 3. The van der Waals surface area contributed by atoms with Crippen LogP contribution < -0.4 is 0 Å². The Balaban J connectivity index is 0. The van der Waals surface area contributed by atoms with Crippen molar-refractivity contribution in [3.8, 4) is 0 Å². The van der Waals surface area contributed by atoms with Gasteiger partial charge in [-0.25, -0.2) is 0 Å². The average Bonchev–Trinajstić information content (AvgIpc) is 2.16. The molecule has 2 N–H and O–H groups in total. The van der Waals surface area contributed by atoms with Crippen LogP contribution in [0.15, 0.2) is 0 Å².